The predicted molar refractivity (Wildman–Crippen MR) is 79.1 cm³/mol. The summed E-state index contributed by atoms with van der Waals surface area (Å²) in [6.07, 6.45) is 3.62. The van der Waals surface area contributed by atoms with Crippen molar-refractivity contribution in [3.05, 3.63) is 48.0 Å². The largest absolute Gasteiger partial charge is 0.378 e. The van der Waals surface area contributed by atoms with Crippen molar-refractivity contribution in [1.29, 1.82) is 0 Å². The van der Waals surface area contributed by atoms with E-state index in [1.807, 2.05) is 49.1 Å². The van der Waals surface area contributed by atoms with Gasteiger partial charge in [-0.25, -0.2) is 4.68 Å². The molecule has 21 heavy (non-hydrogen) atoms. The number of aryl methyl sites for hydroxylation is 2. The molecule has 0 spiro atoms. The van der Waals surface area contributed by atoms with Crippen molar-refractivity contribution in [3.63, 3.8) is 0 Å². The number of benzene rings is 1. The number of nitrogens with zero attached hydrogens (tertiary/aromatic N) is 6. The van der Waals surface area contributed by atoms with E-state index in [1.54, 1.807) is 11.0 Å². The third kappa shape index (κ3) is 2.76. The van der Waals surface area contributed by atoms with Crippen LogP contribution in [0.5, 0.6) is 0 Å². The van der Waals surface area contributed by atoms with Crippen LogP contribution in [-0.4, -0.2) is 30.0 Å². The van der Waals surface area contributed by atoms with Gasteiger partial charge in [0.25, 0.3) is 0 Å². The molecule has 0 saturated carbocycles. The van der Waals surface area contributed by atoms with E-state index < -0.39 is 0 Å². The predicted octanol–water partition coefficient (Wildman–Crippen LogP) is 1.88. The number of rotatable bonds is 4. The van der Waals surface area contributed by atoms with Crippen molar-refractivity contribution in [2.45, 2.75) is 19.9 Å². The number of aromatic nitrogens is 6. The molecule has 0 saturated heterocycles. The van der Waals surface area contributed by atoms with E-state index in [4.69, 9.17) is 0 Å². The maximum Gasteiger partial charge on any atom is 0.143 e. The van der Waals surface area contributed by atoms with Gasteiger partial charge in [0.05, 0.1) is 17.4 Å². The molecule has 0 aliphatic carbocycles. The summed E-state index contributed by atoms with van der Waals surface area (Å²) in [7, 11) is 1.93. The summed E-state index contributed by atoms with van der Waals surface area (Å²) in [6.45, 7) is 4.14. The first-order valence-corrected chi connectivity index (χ1v) is 6.73. The van der Waals surface area contributed by atoms with E-state index in [0.29, 0.717) is 0 Å². The minimum atomic E-state index is 0.169. The first kappa shape index (κ1) is 13.3. The Bertz CT molecular complexity index is 730. The van der Waals surface area contributed by atoms with Gasteiger partial charge in [-0.2, -0.15) is 5.10 Å². The zero-order chi connectivity index (χ0) is 14.8. The van der Waals surface area contributed by atoms with Gasteiger partial charge in [-0.05, 0) is 42.5 Å². The lowest BCUT2D eigenvalue weighted by Crippen LogP contribution is -2.07. The lowest BCUT2D eigenvalue weighted by molar-refractivity contribution is 0.756. The zero-order valence-electron chi connectivity index (χ0n) is 12.2. The van der Waals surface area contributed by atoms with Crippen LogP contribution < -0.4 is 5.32 Å². The normalized spacial score (nSPS) is 12.3. The fourth-order valence-electron chi connectivity index (χ4n) is 2.39. The Morgan fingerprint density at radius 3 is 2.81 bits per heavy atom. The molecule has 1 aromatic carbocycles. The molecular weight excluding hydrogens is 266 g/mol. The number of hydrogen-bond acceptors (Lipinski definition) is 5. The smallest absolute Gasteiger partial charge is 0.143 e. The third-order valence-corrected chi connectivity index (χ3v) is 3.36. The van der Waals surface area contributed by atoms with Crippen LogP contribution in [0.2, 0.25) is 0 Å². The van der Waals surface area contributed by atoms with Crippen molar-refractivity contribution in [2.75, 3.05) is 5.32 Å². The SMILES string of the molecule is Cc1nn(C)cc1C(C)Nc1cccc(-n2cnnn2)c1. The van der Waals surface area contributed by atoms with E-state index in [0.717, 1.165) is 17.1 Å². The monoisotopic (exact) mass is 283 g/mol. The number of anilines is 1. The van der Waals surface area contributed by atoms with Crippen molar-refractivity contribution < 1.29 is 0 Å². The fraction of sp³-hybridized carbons (Fsp3) is 0.286. The molecule has 108 valence electrons. The first-order chi connectivity index (χ1) is 10.1. The lowest BCUT2D eigenvalue weighted by Gasteiger charge is -2.15. The van der Waals surface area contributed by atoms with Crippen LogP contribution in [-0.2, 0) is 7.05 Å². The average Bonchev–Trinajstić information content (AvgIpc) is 3.08. The van der Waals surface area contributed by atoms with Crippen LogP contribution >= 0.6 is 0 Å². The topological polar surface area (TPSA) is 73.5 Å². The highest BCUT2D eigenvalue weighted by molar-refractivity contribution is 5.52. The summed E-state index contributed by atoms with van der Waals surface area (Å²) in [4.78, 5) is 0. The maximum absolute atomic E-state index is 4.38. The minimum Gasteiger partial charge on any atom is -0.378 e. The summed E-state index contributed by atoms with van der Waals surface area (Å²) >= 11 is 0. The summed E-state index contributed by atoms with van der Waals surface area (Å²) in [5, 5.41) is 19.1. The number of tetrazole rings is 1. The van der Waals surface area contributed by atoms with E-state index in [2.05, 4.69) is 32.9 Å². The van der Waals surface area contributed by atoms with Crippen LogP contribution in [0, 0.1) is 6.92 Å². The zero-order valence-corrected chi connectivity index (χ0v) is 12.2. The Morgan fingerprint density at radius 2 is 2.14 bits per heavy atom. The Hall–Kier alpha value is -2.70. The van der Waals surface area contributed by atoms with Crippen molar-refractivity contribution in [1.82, 2.24) is 30.0 Å². The highest BCUT2D eigenvalue weighted by atomic mass is 15.5. The van der Waals surface area contributed by atoms with Gasteiger partial charge in [0.1, 0.15) is 6.33 Å². The summed E-state index contributed by atoms with van der Waals surface area (Å²) in [5.41, 5.74) is 4.15. The van der Waals surface area contributed by atoms with Gasteiger partial charge in [0.15, 0.2) is 0 Å². The molecule has 7 heteroatoms. The van der Waals surface area contributed by atoms with Gasteiger partial charge >= 0.3 is 0 Å². The van der Waals surface area contributed by atoms with Gasteiger partial charge in [-0.15, -0.1) is 5.10 Å². The van der Waals surface area contributed by atoms with Crippen LogP contribution in [0.4, 0.5) is 5.69 Å². The maximum atomic E-state index is 4.38. The quantitative estimate of drug-likeness (QED) is 0.791. The third-order valence-electron chi connectivity index (χ3n) is 3.36. The molecule has 0 fully saturated rings. The molecule has 0 bridgehead atoms. The van der Waals surface area contributed by atoms with Crippen LogP contribution in [0.1, 0.15) is 24.2 Å². The molecule has 3 rings (SSSR count). The molecule has 2 heterocycles. The summed E-state index contributed by atoms with van der Waals surface area (Å²) < 4.78 is 3.46. The molecular formula is C14H17N7. The second-order valence-corrected chi connectivity index (χ2v) is 5.01. The van der Waals surface area contributed by atoms with E-state index >= 15 is 0 Å². The van der Waals surface area contributed by atoms with Crippen molar-refractivity contribution in [2.24, 2.45) is 7.05 Å². The van der Waals surface area contributed by atoms with Gasteiger partial charge in [-0.1, -0.05) is 6.07 Å². The highest BCUT2D eigenvalue weighted by Gasteiger charge is 2.12. The molecule has 0 amide bonds. The fourth-order valence-corrected chi connectivity index (χ4v) is 2.39. The average molecular weight is 283 g/mol. The molecule has 7 nitrogen and oxygen atoms in total. The molecule has 1 N–H and O–H groups in total. The molecule has 0 radical (unpaired) electrons. The van der Waals surface area contributed by atoms with Crippen molar-refractivity contribution >= 4 is 5.69 Å². The molecule has 2 aromatic heterocycles. The minimum absolute atomic E-state index is 0.169. The van der Waals surface area contributed by atoms with Gasteiger partial charge < -0.3 is 5.32 Å². The molecule has 0 aliphatic rings. The van der Waals surface area contributed by atoms with Crippen LogP contribution in [0.25, 0.3) is 5.69 Å². The second-order valence-electron chi connectivity index (χ2n) is 5.01. The standard InChI is InChI=1S/C14H17N7/c1-10(14-8-20(3)17-11(14)2)16-12-5-4-6-13(7-12)21-9-15-18-19-21/h4-10,16H,1-3H3. The Morgan fingerprint density at radius 1 is 1.29 bits per heavy atom. The van der Waals surface area contributed by atoms with Gasteiger partial charge in [-0.3, -0.25) is 4.68 Å². The molecule has 3 aromatic rings. The Balaban J connectivity index is 1.82. The second kappa shape index (κ2) is 5.35. The number of hydrogen-bond donors (Lipinski definition) is 1. The molecule has 1 unspecified atom stereocenters. The highest BCUT2D eigenvalue weighted by Crippen LogP contribution is 2.22. The first-order valence-electron chi connectivity index (χ1n) is 6.73. The summed E-state index contributed by atoms with van der Waals surface area (Å²) in [6, 6.07) is 8.14. The summed E-state index contributed by atoms with van der Waals surface area (Å²) in [5.74, 6) is 0. The number of nitrogens with one attached hydrogen (secondary N) is 1. The van der Waals surface area contributed by atoms with E-state index in [1.165, 1.54) is 5.56 Å². The molecule has 0 aliphatic heterocycles. The van der Waals surface area contributed by atoms with E-state index in [9.17, 15) is 0 Å². The van der Waals surface area contributed by atoms with Crippen LogP contribution in [0.15, 0.2) is 36.8 Å². The Kier molecular flexibility index (Phi) is 3.39. The van der Waals surface area contributed by atoms with Gasteiger partial charge in [0, 0.05) is 24.5 Å². The molecule has 1 atom stereocenters. The lowest BCUT2D eigenvalue weighted by atomic mass is 10.1. The van der Waals surface area contributed by atoms with Gasteiger partial charge in [0.2, 0.25) is 0 Å². The Labute approximate surface area is 122 Å². The van der Waals surface area contributed by atoms with Crippen LogP contribution in [0.3, 0.4) is 0 Å². The van der Waals surface area contributed by atoms with E-state index in [-0.39, 0.29) is 6.04 Å². The van der Waals surface area contributed by atoms with Crippen molar-refractivity contribution in [3.8, 4) is 5.69 Å².